The van der Waals surface area contributed by atoms with E-state index in [-0.39, 0.29) is 17.6 Å². The number of anilines is 1. The second kappa shape index (κ2) is 11.2. The van der Waals surface area contributed by atoms with Crippen molar-refractivity contribution in [2.45, 2.75) is 19.4 Å². The number of methoxy groups -OCH3 is 2. The Bertz CT molecular complexity index is 1200. The minimum Gasteiger partial charge on any atom is -0.493 e. The summed E-state index contributed by atoms with van der Waals surface area (Å²) >= 11 is 0. The van der Waals surface area contributed by atoms with Crippen LogP contribution in [0.2, 0.25) is 0 Å². The Labute approximate surface area is 215 Å². The van der Waals surface area contributed by atoms with Crippen LogP contribution in [0.4, 0.5) is 10.1 Å². The Morgan fingerprint density at radius 2 is 1.68 bits per heavy atom. The van der Waals surface area contributed by atoms with E-state index in [2.05, 4.69) is 19.9 Å². The molecule has 3 aromatic rings. The molecule has 2 aliphatic heterocycles. The van der Waals surface area contributed by atoms with E-state index in [1.54, 1.807) is 26.4 Å². The van der Waals surface area contributed by atoms with Gasteiger partial charge in [0.25, 0.3) is 0 Å². The molecule has 0 radical (unpaired) electrons. The number of rotatable bonds is 7. The first kappa shape index (κ1) is 25.0. The summed E-state index contributed by atoms with van der Waals surface area (Å²) in [5.74, 6) is 2.34. The van der Waals surface area contributed by atoms with Crippen LogP contribution in [-0.4, -0.2) is 79.3 Å². The minimum atomic E-state index is -0.235. The van der Waals surface area contributed by atoms with E-state index in [4.69, 9.17) is 14.0 Å². The third kappa shape index (κ3) is 5.69. The molecule has 10 heteroatoms. The van der Waals surface area contributed by atoms with Gasteiger partial charge in [0.2, 0.25) is 17.6 Å². The van der Waals surface area contributed by atoms with Crippen LogP contribution in [0.25, 0.3) is 11.4 Å². The van der Waals surface area contributed by atoms with Crippen LogP contribution in [0.15, 0.2) is 47.0 Å². The summed E-state index contributed by atoms with van der Waals surface area (Å²) in [6.07, 6.45) is 1.63. The van der Waals surface area contributed by atoms with Gasteiger partial charge in [-0.05, 0) is 68.4 Å². The topological polar surface area (TPSA) is 84.2 Å². The van der Waals surface area contributed by atoms with Gasteiger partial charge in [-0.1, -0.05) is 5.16 Å². The van der Waals surface area contributed by atoms with Crippen molar-refractivity contribution in [3.63, 3.8) is 0 Å². The Hall–Kier alpha value is -3.66. The maximum absolute atomic E-state index is 13.2. The maximum Gasteiger partial charge on any atom is 0.241 e. The average Bonchev–Trinajstić information content (AvgIpc) is 3.41. The van der Waals surface area contributed by atoms with Crippen LogP contribution in [-0.2, 0) is 11.3 Å². The van der Waals surface area contributed by atoms with Gasteiger partial charge in [0.15, 0.2) is 11.5 Å². The number of benzene rings is 2. The lowest BCUT2D eigenvalue weighted by molar-refractivity contribution is -0.137. The highest BCUT2D eigenvalue weighted by atomic mass is 19.1. The first-order valence-corrected chi connectivity index (χ1v) is 12.6. The molecule has 1 aromatic heterocycles. The first-order chi connectivity index (χ1) is 18.0. The number of likely N-dealkylation sites (tertiary alicyclic amines) is 1. The highest BCUT2D eigenvalue weighted by Crippen LogP contribution is 2.31. The van der Waals surface area contributed by atoms with E-state index in [0.717, 1.165) is 50.3 Å². The molecule has 37 heavy (non-hydrogen) atoms. The molecule has 0 atom stereocenters. The normalized spacial score (nSPS) is 17.2. The zero-order valence-corrected chi connectivity index (χ0v) is 21.2. The number of amides is 1. The van der Waals surface area contributed by atoms with Crippen LogP contribution < -0.4 is 14.4 Å². The number of halogens is 1. The molecule has 2 fully saturated rings. The van der Waals surface area contributed by atoms with Crippen LogP contribution >= 0.6 is 0 Å². The number of ether oxygens (including phenoxy) is 2. The predicted octanol–water partition coefficient (Wildman–Crippen LogP) is 3.45. The number of carbonyl (C=O) groups is 1. The van der Waals surface area contributed by atoms with Crippen molar-refractivity contribution in [2.75, 3.05) is 58.4 Å². The molecular formula is C27H32FN5O4. The molecule has 1 amide bonds. The number of carbonyl (C=O) groups excluding carboxylic acids is 1. The van der Waals surface area contributed by atoms with Crippen molar-refractivity contribution in [3.05, 3.63) is 54.2 Å². The van der Waals surface area contributed by atoms with Crippen LogP contribution in [0.3, 0.4) is 0 Å². The summed E-state index contributed by atoms with van der Waals surface area (Å²) in [4.78, 5) is 24.1. The zero-order chi connectivity index (χ0) is 25.8. The molecule has 0 unspecified atom stereocenters. The van der Waals surface area contributed by atoms with Crippen molar-refractivity contribution in [2.24, 2.45) is 5.92 Å². The monoisotopic (exact) mass is 509 g/mol. The summed E-state index contributed by atoms with van der Waals surface area (Å²) in [5.41, 5.74) is 1.79. The summed E-state index contributed by atoms with van der Waals surface area (Å²) in [6, 6.07) is 12.1. The van der Waals surface area contributed by atoms with Gasteiger partial charge in [0.05, 0.1) is 20.8 Å². The number of aromatic nitrogens is 2. The lowest BCUT2D eigenvalue weighted by atomic mass is 9.95. The molecule has 2 aliphatic rings. The van der Waals surface area contributed by atoms with Gasteiger partial charge in [0, 0.05) is 43.3 Å². The fourth-order valence-corrected chi connectivity index (χ4v) is 5.04. The maximum atomic E-state index is 13.2. The number of piperazine rings is 1. The molecule has 5 rings (SSSR count). The summed E-state index contributed by atoms with van der Waals surface area (Å²) in [7, 11) is 3.18. The third-order valence-corrected chi connectivity index (χ3v) is 7.19. The molecule has 0 bridgehead atoms. The number of nitrogens with zero attached hydrogens (tertiary/aromatic N) is 5. The van der Waals surface area contributed by atoms with Gasteiger partial charge in [-0.3, -0.25) is 9.69 Å². The standard InChI is InChI=1S/C27H32FN5O4/c1-35-23-8-3-20(17-24(23)36-2)26-29-25(37-30-26)18-31-11-9-19(10-12-31)27(34)33-15-13-32(14-16-33)22-6-4-21(28)5-7-22/h3-8,17,19H,9-16,18H2,1-2H3. The predicted molar refractivity (Wildman–Crippen MR) is 136 cm³/mol. The van der Waals surface area contributed by atoms with Gasteiger partial charge < -0.3 is 23.8 Å². The van der Waals surface area contributed by atoms with E-state index < -0.39 is 0 Å². The molecule has 2 saturated heterocycles. The summed E-state index contributed by atoms with van der Waals surface area (Å²) < 4.78 is 29.4. The smallest absolute Gasteiger partial charge is 0.241 e. The molecule has 0 N–H and O–H groups in total. The molecule has 0 saturated carbocycles. The van der Waals surface area contributed by atoms with Gasteiger partial charge in [-0.2, -0.15) is 4.98 Å². The summed E-state index contributed by atoms with van der Waals surface area (Å²) in [6.45, 7) is 5.07. The number of hydrogen-bond acceptors (Lipinski definition) is 8. The average molecular weight is 510 g/mol. The van der Waals surface area contributed by atoms with E-state index in [1.165, 1.54) is 12.1 Å². The zero-order valence-electron chi connectivity index (χ0n) is 21.2. The lowest BCUT2D eigenvalue weighted by Crippen LogP contribution is -2.51. The lowest BCUT2D eigenvalue weighted by Gasteiger charge is -2.39. The number of hydrogen-bond donors (Lipinski definition) is 0. The van der Waals surface area contributed by atoms with Crippen molar-refractivity contribution < 1.29 is 23.2 Å². The Balaban J connectivity index is 1.10. The van der Waals surface area contributed by atoms with Gasteiger partial charge in [-0.15, -0.1) is 0 Å². The SMILES string of the molecule is COc1ccc(-c2noc(CN3CCC(C(=O)N4CCN(c5ccc(F)cc5)CC4)CC3)n2)cc1OC. The quantitative estimate of drug-likeness (QED) is 0.479. The van der Waals surface area contributed by atoms with Crippen molar-refractivity contribution >= 4 is 11.6 Å². The Kier molecular flexibility index (Phi) is 7.55. The van der Waals surface area contributed by atoms with Gasteiger partial charge >= 0.3 is 0 Å². The molecule has 3 heterocycles. The molecule has 9 nitrogen and oxygen atoms in total. The van der Waals surface area contributed by atoms with Crippen LogP contribution in [0.5, 0.6) is 11.5 Å². The van der Waals surface area contributed by atoms with Crippen molar-refractivity contribution in [1.82, 2.24) is 19.9 Å². The van der Waals surface area contributed by atoms with Crippen LogP contribution in [0, 0.1) is 11.7 Å². The Morgan fingerprint density at radius 1 is 0.973 bits per heavy atom. The molecule has 0 aliphatic carbocycles. The fourth-order valence-electron chi connectivity index (χ4n) is 5.04. The van der Waals surface area contributed by atoms with Crippen molar-refractivity contribution in [3.8, 4) is 22.9 Å². The second-order valence-corrected chi connectivity index (χ2v) is 9.42. The van der Waals surface area contributed by atoms with Gasteiger partial charge in [0.1, 0.15) is 5.82 Å². The van der Waals surface area contributed by atoms with E-state index >= 15 is 0 Å². The van der Waals surface area contributed by atoms with Crippen LogP contribution in [0.1, 0.15) is 18.7 Å². The third-order valence-electron chi connectivity index (χ3n) is 7.19. The first-order valence-electron chi connectivity index (χ1n) is 12.6. The number of piperidine rings is 1. The molecule has 2 aromatic carbocycles. The molecule has 0 spiro atoms. The highest BCUT2D eigenvalue weighted by molar-refractivity contribution is 5.79. The van der Waals surface area contributed by atoms with Gasteiger partial charge in [-0.25, -0.2) is 4.39 Å². The highest BCUT2D eigenvalue weighted by Gasteiger charge is 2.31. The summed E-state index contributed by atoms with van der Waals surface area (Å²) in [5, 5.41) is 4.13. The second-order valence-electron chi connectivity index (χ2n) is 9.42. The largest absolute Gasteiger partial charge is 0.493 e. The van der Waals surface area contributed by atoms with Crippen molar-refractivity contribution in [1.29, 1.82) is 0 Å². The molecular weight excluding hydrogens is 477 g/mol. The van der Waals surface area contributed by atoms with E-state index in [9.17, 15) is 9.18 Å². The minimum absolute atomic E-state index is 0.0404. The Morgan fingerprint density at radius 3 is 2.35 bits per heavy atom. The fraction of sp³-hybridized carbons (Fsp3) is 0.444. The molecule has 196 valence electrons. The van der Waals surface area contributed by atoms with E-state index in [0.29, 0.717) is 42.8 Å². The van der Waals surface area contributed by atoms with E-state index in [1.807, 2.05) is 23.1 Å².